The molecule has 14 heavy (non-hydrogen) atoms. The first-order chi connectivity index (χ1) is 6.86. The van der Waals surface area contributed by atoms with Crippen molar-refractivity contribution in [2.24, 2.45) is 4.40 Å². The van der Waals surface area contributed by atoms with Crippen LogP contribution in [0.15, 0.2) is 40.8 Å². The van der Waals surface area contributed by atoms with E-state index in [1.54, 1.807) is 0 Å². The van der Waals surface area contributed by atoms with Crippen molar-refractivity contribution >= 4 is 23.7 Å². The van der Waals surface area contributed by atoms with Crippen LogP contribution >= 0.6 is 11.9 Å². The zero-order chi connectivity index (χ0) is 9.80. The maximum absolute atomic E-state index is 9.46. The zero-order valence-corrected chi connectivity index (χ0v) is 8.45. The Hall–Kier alpha value is -1.06. The highest BCUT2D eigenvalue weighted by molar-refractivity contribution is 7.98. The zero-order valence-electron chi connectivity index (χ0n) is 7.63. The molecule has 3 heteroatoms. The number of benzene rings is 1. The Labute approximate surface area is 87.5 Å². The van der Waals surface area contributed by atoms with E-state index in [2.05, 4.69) is 4.40 Å². The van der Waals surface area contributed by atoms with Crippen LogP contribution in [-0.4, -0.2) is 22.7 Å². The molecule has 2 rings (SSSR count). The summed E-state index contributed by atoms with van der Waals surface area (Å²) < 4.78 is 4.13. The van der Waals surface area contributed by atoms with Crippen molar-refractivity contribution in [1.82, 2.24) is 0 Å². The van der Waals surface area contributed by atoms with E-state index < -0.39 is 6.10 Å². The van der Waals surface area contributed by atoms with Crippen LogP contribution in [0.1, 0.15) is 5.56 Å². The molecule has 1 aromatic carbocycles. The van der Waals surface area contributed by atoms with E-state index in [9.17, 15) is 5.11 Å². The third-order valence-electron chi connectivity index (χ3n) is 1.99. The first-order valence-corrected chi connectivity index (χ1v) is 5.41. The second-order valence-corrected chi connectivity index (χ2v) is 3.85. The van der Waals surface area contributed by atoms with Crippen LogP contribution in [0.4, 0.5) is 0 Å². The minimum Gasteiger partial charge on any atom is -0.386 e. The molecule has 1 N–H and O–H groups in total. The Bertz CT molecular complexity index is 359. The Morgan fingerprint density at radius 3 is 2.71 bits per heavy atom. The highest BCUT2D eigenvalue weighted by Gasteiger charge is 2.15. The number of nitrogens with zero attached hydrogens (tertiary/aromatic N) is 1. The highest BCUT2D eigenvalue weighted by Crippen LogP contribution is 2.16. The molecule has 0 fully saturated rings. The molecule has 0 spiro atoms. The summed E-state index contributed by atoms with van der Waals surface area (Å²) in [6, 6.07) is 9.99. The van der Waals surface area contributed by atoms with Gasteiger partial charge in [-0.2, -0.15) is 0 Å². The Kier molecular flexibility index (Phi) is 3.01. The second kappa shape index (κ2) is 4.44. The van der Waals surface area contributed by atoms with Crippen LogP contribution in [0.3, 0.4) is 0 Å². The van der Waals surface area contributed by atoms with Crippen LogP contribution in [0.25, 0.3) is 6.08 Å². The summed E-state index contributed by atoms with van der Waals surface area (Å²) in [5.41, 5.74) is 1.89. The Balaban J connectivity index is 2.08. The molecule has 1 unspecified atom stereocenters. The topological polar surface area (TPSA) is 32.6 Å². The molecule has 1 heterocycles. The minimum absolute atomic E-state index is 0.403. The third kappa shape index (κ3) is 2.25. The monoisotopic (exact) mass is 205 g/mol. The molecule has 0 bridgehead atoms. The first kappa shape index (κ1) is 9.49. The van der Waals surface area contributed by atoms with E-state index >= 15 is 0 Å². The molecular formula is C11H11NOS. The summed E-state index contributed by atoms with van der Waals surface area (Å²) in [5, 5.41) is 9.46. The quantitative estimate of drug-likeness (QED) is 0.750. The van der Waals surface area contributed by atoms with E-state index in [4.69, 9.17) is 0 Å². The molecule has 0 saturated heterocycles. The van der Waals surface area contributed by atoms with Crippen molar-refractivity contribution in [1.29, 1.82) is 0 Å². The van der Waals surface area contributed by atoms with Gasteiger partial charge in [0.25, 0.3) is 0 Å². The van der Waals surface area contributed by atoms with Crippen molar-refractivity contribution in [2.45, 2.75) is 6.10 Å². The first-order valence-electron chi connectivity index (χ1n) is 4.47. The molecule has 0 aliphatic carbocycles. The van der Waals surface area contributed by atoms with Crippen molar-refractivity contribution in [3.8, 4) is 0 Å². The van der Waals surface area contributed by atoms with Gasteiger partial charge in [-0.3, -0.25) is 0 Å². The highest BCUT2D eigenvalue weighted by atomic mass is 32.2. The number of aliphatic hydroxyl groups is 1. The Morgan fingerprint density at radius 1 is 1.29 bits per heavy atom. The summed E-state index contributed by atoms with van der Waals surface area (Å²) in [6.45, 7) is 0. The van der Waals surface area contributed by atoms with Gasteiger partial charge in [-0.1, -0.05) is 36.4 Å². The lowest BCUT2D eigenvalue weighted by atomic mass is 10.1. The van der Waals surface area contributed by atoms with Crippen LogP contribution in [0, 0.1) is 0 Å². The smallest absolute Gasteiger partial charge is 0.107 e. The molecule has 1 aliphatic rings. The lowest BCUT2D eigenvalue weighted by Gasteiger charge is -1.98. The number of rotatable bonds is 2. The van der Waals surface area contributed by atoms with Gasteiger partial charge in [0, 0.05) is 5.75 Å². The van der Waals surface area contributed by atoms with Gasteiger partial charge in [0.15, 0.2) is 0 Å². The van der Waals surface area contributed by atoms with Crippen molar-refractivity contribution in [3.63, 3.8) is 0 Å². The van der Waals surface area contributed by atoms with Gasteiger partial charge in [-0.05, 0) is 23.6 Å². The van der Waals surface area contributed by atoms with E-state index in [0.717, 1.165) is 11.3 Å². The van der Waals surface area contributed by atoms with E-state index in [0.29, 0.717) is 5.75 Å². The molecule has 72 valence electrons. The van der Waals surface area contributed by atoms with E-state index in [-0.39, 0.29) is 0 Å². The SMILES string of the molecule is OC1CSN=C1C=Cc1ccccc1. The number of hydrogen-bond acceptors (Lipinski definition) is 3. The van der Waals surface area contributed by atoms with Gasteiger partial charge in [-0.15, -0.1) is 0 Å². The van der Waals surface area contributed by atoms with Crippen molar-refractivity contribution in [2.75, 3.05) is 5.75 Å². The minimum atomic E-state index is -0.403. The van der Waals surface area contributed by atoms with Crippen LogP contribution in [-0.2, 0) is 0 Å². The van der Waals surface area contributed by atoms with Crippen molar-refractivity contribution < 1.29 is 5.11 Å². The molecule has 1 atom stereocenters. The molecule has 0 saturated carbocycles. The molecule has 0 radical (unpaired) electrons. The summed E-state index contributed by atoms with van der Waals surface area (Å²) >= 11 is 1.41. The second-order valence-electron chi connectivity index (χ2n) is 3.07. The predicted molar refractivity (Wildman–Crippen MR) is 61.4 cm³/mol. The van der Waals surface area contributed by atoms with Gasteiger partial charge in [-0.25, -0.2) is 4.40 Å². The van der Waals surface area contributed by atoms with Crippen molar-refractivity contribution in [3.05, 3.63) is 42.0 Å². The van der Waals surface area contributed by atoms with Crippen LogP contribution in [0.5, 0.6) is 0 Å². The van der Waals surface area contributed by atoms with Gasteiger partial charge in [0.05, 0.1) is 5.71 Å². The molecule has 0 aromatic heterocycles. The standard InChI is InChI=1S/C11H11NOS/c13-11-8-14-12-10(11)7-6-9-4-2-1-3-5-9/h1-7,11,13H,8H2. The molecule has 2 nitrogen and oxygen atoms in total. The van der Waals surface area contributed by atoms with Crippen LogP contribution in [0.2, 0.25) is 0 Å². The number of hydrogen-bond donors (Lipinski definition) is 1. The Morgan fingerprint density at radius 2 is 2.07 bits per heavy atom. The molecule has 0 amide bonds. The summed E-state index contributed by atoms with van der Waals surface area (Å²) in [5.74, 6) is 0.675. The largest absolute Gasteiger partial charge is 0.386 e. The summed E-state index contributed by atoms with van der Waals surface area (Å²) in [7, 11) is 0. The van der Waals surface area contributed by atoms with Gasteiger partial charge in [0.2, 0.25) is 0 Å². The lowest BCUT2D eigenvalue weighted by Crippen LogP contribution is -2.15. The summed E-state index contributed by atoms with van der Waals surface area (Å²) in [6.07, 6.45) is 3.44. The predicted octanol–water partition coefficient (Wildman–Crippen LogP) is 2.16. The summed E-state index contributed by atoms with van der Waals surface area (Å²) in [4.78, 5) is 0. The maximum atomic E-state index is 9.46. The van der Waals surface area contributed by atoms with E-state index in [1.807, 2.05) is 42.5 Å². The van der Waals surface area contributed by atoms with Gasteiger partial charge in [0.1, 0.15) is 6.10 Å². The molecular weight excluding hydrogens is 194 g/mol. The molecule has 1 aromatic rings. The van der Waals surface area contributed by atoms with Crippen LogP contribution < -0.4 is 0 Å². The van der Waals surface area contributed by atoms with E-state index in [1.165, 1.54) is 11.9 Å². The number of aliphatic hydroxyl groups excluding tert-OH is 1. The average molecular weight is 205 g/mol. The molecule has 1 aliphatic heterocycles. The lowest BCUT2D eigenvalue weighted by molar-refractivity contribution is 0.270. The van der Waals surface area contributed by atoms with Gasteiger partial charge >= 0.3 is 0 Å². The maximum Gasteiger partial charge on any atom is 0.107 e. The normalized spacial score (nSPS) is 21.5. The fraction of sp³-hybridized carbons (Fsp3) is 0.182. The fourth-order valence-electron chi connectivity index (χ4n) is 1.22. The average Bonchev–Trinajstić information content (AvgIpc) is 2.63. The fourth-order valence-corrected chi connectivity index (χ4v) is 1.93. The van der Waals surface area contributed by atoms with Gasteiger partial charge < -0.3 is 5.11 Å². The third-order valence-corrected chi connectivity index (χ3v) is 2.79.